The number of amides is 1. The molecule has 1 aromatic carbocycles. The third kappa shape index (κ3) is 4.19. The van der Waals surface area contributed by atoms with Gasteiger partial charge in [-0.1, -0.05) is 20.8 Å². The van der Waals surface area contributed by atoms with Crippen molar-refractivity contribution in [2.75, 3.05) is 11.6 Å². The minimum atomic E-state index is -0.326. The fourth-order valence-electron chi connectivity index (χ4n) is 2.53. The number of rotatable bonds is 4. The van der Waals surface area contributed by atoms with Gasteiger partial charge in [-0.2, -0.15) is 5.10 Å². The van der Waals surface area contributed by atoms with Crippen LogP contribution >= 0.6 is 11.8 Å². The predicted octanol–water partition coefficient (Wildman–Crippen LogP) is 4.68. The van der Waals surface area contributed by atoms with Crippen molar-refractivity contribution in [2.45, 2.75) is 31.2 Å². The van der Waals surface area contributed by atoms with Gasteiger partial charge in [0, 0.05) is 17.7 Å². The topological polar surface area (TPSA) is 59.8 Å². The van der Waals surface area contributed by atoms with Gasteiger partial charge in [0.2, 0.25) is 0 Å². The van der Waals surface area contributed by atoms with Crippen LogP contribution in [0.3, 0.4) is 0 Å². The number of halogens is 1. The third-order valence-electron chi connectivity index (χ3n) is 4.00. The van der Waals surface area contributed by atoms with Gasteiger partial charge in [-0.3, -0.25) is 4.79 Å². The summed E-state index contributed by atoms with van der Waals surface area (Å²) in [5.41, 5.74) is 1.77. The van der Waals surface area contributed by atoms with Gasteiger partial charge >= 0.3 is 0 Å². The maximum Gasteiger partial charge on any atom is 0.259 e. The highest BCUT2D eigenvalue weighted by Crippen LogP contribution is 2.27. The van der Waals surface area contributed by atoms with Gasteiger partial charge in [0.15, 0.2) is 0 Å². The average molecular weight is 384 g/mol. The Kier molecular flexibility index (Phi) is 5.32. The maximum atomic E-state index is 13.3. The molecule has 140 valence electrons. The van der Waals surface area contributed by atoms with Crippen LogP contribution in [0.1, 0.15) is 36.8 Å². The first kappa shape index (κ1) is 19.1. The molecule has 0 fully saturated rings. The molecule has 1 N–H and O–H groups in total. The number of hydrogen-bond acceptors (Lipinski definition) is 4. The molecule has 0 aliphatic heterocycles. The fraction of sp³-hybridized carbons (Fsp3) is 0.250. The molecular formula is C20H21FN4OS. The van der Waals surface area contributed by atoms with Gasteiger partial charge in [0.25, 0.3) is 5.91 Å². The molecule has 5 nitrogen and oxygen atoms in total. The highest BCUT2D eigenvalue weighted by atomic mass is 32.2. The quantitative estimate of drug-likeness (QED) is 0.664. The van der Waals surface area contributed by atoms with Crippen molar-refractivity contribution in [3.05, 3.63) is 65.7 Å². The van der Waals surface area contributed by atoms with Gasteiger partial charge in [0.1, 0.15) is 16.7 Å². The van der Waals surface area contributed by atoms with E-state index in [-0.39, 0.29) is 17.1 Å². The average Bonchev–Trinajstić information content (AvgIpc) is 3.06. The highest BCUT2D eigenvalue weighted by molar-refractivity contribution is 7.98. The van der Waals surface area contributed by atoms with Crippen LogP contribution in [0.5, 0.6) is 0 Å². The van der Waals surface area contributed by atoms with Crippen LogP contribution in [0.25, 0.3) is 5.69 Å². The summed E-state index contributed by atoms with van der Waals surface area (Å²) < 4.78 is 14.9. The maximum absolute atomic E-state index is 13.3. The first-order valence-corrected chi connectivity index (χ1v) is 9.69. The lowest BCUT2D eigenvalue weighted by Gasteiger charge is -2.14. The number of hydrogen-bond donors (Lipinski definition) is 1. The lowest BCUT2D eigenvalue weighted by Crippen LogP contribution is -2.16. The second-order valence-corrected chi connectivity index (χ2v) is 7.86. The molecule has 2 heterocycles. The van der Waals surface area contributed by atoms with E-state index in [4.69, 9.17) is 0 Å². The van der Waals surface area contributed by atoms with Crippen LogP contribution in [0.2, 0.25) is 0 Å². The Balaban J connectivity index is 2.02. The molecule has 27 heavy (non-hydrogen) atoms. The highest BCUT2D eigenvalue weighted by Gasteiger charge is 2.22. The number of aromatic nitrogens is 3. The molecule has 0 radical (unpaired) electrons. The SMILES string of the molecule is CSc1ncccc1C(=O)Nc1cc(C(C)(C)C)nn1-c1ccc(F)cc1. The Labute approximate surface area is 162 Å². The third-order valence-corrected chi connectivity index (χ3v) is 4.71. The molecule has 0 bridgehead atoms. The second-order valence-electron chi connectivity index (χ2n) is 7.07. The van der Waals surface area contributed by atoms with Gasteiger partial charge in [-0.15, -0.1) is 11.8 Å². The number of carbonyl (C=O) groups excluding carboxylic acids is 1. The van der Waals surface area contributed by atoms with Gasteiger partial charge in [-0.05, 0) is 42.7 Å². The number of nitrogens with zero attached hydrogens (tertiary/aromatic N) is 3. The van der Waals surface area contributed by atoms with Crippen molar-refractivity contribution in [1.29, 1.82) is 0 Å². The molecule has 1 amide bonds. The summed E-state index contributed by atoms with van der Waals surface area (Å²) >= 11 is 1.41. The zero-order chi connectivity index (χ0) is 19.6. The van der Waals surface area contributed by atoms with Gasteiger partial charge in [0.05, 0.1) is 16.9 Å². The van der Waals surface area contributed by atoms with Crippen molar-refractivity contribution in [3.8, 4) is 5.69 Å². The van der Waals surface area contributed by atoms with E-state index in [1.165, 1.54) is 23.9 Å². The smallest absolute Gasteiger partial charge is 0.259 e. The fourth-order valence-corrected chi connectivity index (χ4v) is 3.07. The molecule has 3 aromatic rings. The summed E-state index contributed by atoms with van der Waals surface area (Å²) in [6, 6.07) is 11.3. The number of thioether (sulfide) groups is 1. The molecule has 0 saturated heterocycles. The minimum Gasteiger partial charge on any atom is -0.306 e. The largest absolute Gasteiger partial charge is 0.306 e. The zero-order valence-electron chi connectivity index (χ0n) is 15.7. The molecule has 7 heteroatoms. The number of anilines is 1. The monoisotopic (exact) mass is 384 g/mol. The molecule has 3 rings (SSSR count). The van der Waals surface area contributed by atoms with E-state index in [0.717, 1.165) is 5.69 Å². The van der Waals surface area contributed by atoms with Crippen LogP contribution in [0.15, 0.2) is 53.7 Å². The second kappa shape index (κ2) is 7.52. The van der Waals surface area contributed by atoms with Gasteiger partial charge < -0.3 is 5.32 Å². The van der Waals surface area contributed by atoms with Crippen LogP contribution in [0.4, 0.5) is 10.2 Å². The van der Waals surface area contributed by atoms with Crippen molar-refractivity contribution < 1.29 is 9.18 Å². The molecule has 0 saturated carbocycles. The molecule has 0 spiro atoms. The Bertz CT molecular complexity index is 961. The lowest BCUT2D eigenvalue weighted by molar-refractivity contribution is 0.102. The Hall–Kier alpha value is -2.67. The van der Waals surface area contributed by atoms with E-state index in [9.17, 15) is 9.18 Å². The number of nitrogens with one attached hydrogen (secondary N) is 1. The Morgan fingerprint density at radius 2 is 1.89 bits per heavy atom. The van der Waals surface area contributed by atoms with Gasteiger partial charge in [-0.25, -0.2) is 14.1 Å². The summed E-state index contributed by atoms with van der Waals surface area (Å²) in [6.45, 7) is 6.13. The molecule has 0 atom stereocenters. The van der Waals surface area contributed by atoms with Crippen molar-refractivity contribution >= 4 is 23.5 Å². The Morgan fingerprint density at radius 3 is 2.52 bits per heavy atom. The summed E-state index contributed by atoms with van der Waals surface area (Å²) in [5.74, 6) is -0.0730. The van der Waals surface area contributed by atoms with E-state index in [2.05, 4.69) is 15.4 Å². The molecule has 0 aliphatic carbocycles. The van der Waals surface area contributed by atoms with E-state index in [1.807, 2.05) is 33.1 Å². The molecule has 0 aliphatic rings. The Morgan fingerprint density at radius 1 is 1.19 bits per heavy atom. The first-order chi connectivity index (χ1) is 12.8. The van der Waals surface area contributed by atoms with E-state index in [0.29, 0.717) is 22.1 Å². The van der Waals surface area contributed by atoms with Crippen LogP contribution in [-0.2, 0) is 5.41 Å². The summed E-state index contributed by atoms with van der Waals surface area (Å²) in [4.78, 5) is 17.1. The van der Waals surface area contributed by atoms with Crippen molar-refractivity contribution in [1.82, 2.24) is 14.8 Å². The number of benzene rings is 1. The van der Waals surface area contributed by atoms with Crippen LogP contribution in [0, 0.1) is 5.82 Å². The molecule has 2 aromatic heterocycles. The minimum absolute atomic E-state index is 0.205. The number of pyridine rings is 1. The molecule has 0 unspecified atom stereocenters. The number of carbonyl (C=O) groups is 1. The van der Waals surface area contributed by atoms with Crippen molar-refractivity contribution in [2.24, 2.45) is 0 Å². The predicted molar refractivity (Wildman–Crippen MR) is 106 cm³/mol. The van der Waals surface area contributed by atoms with E-state index >= 15 is 0 Å². The van der Waals surface area contributed by atoms with Crippen LogP contribution < -0.4 is 5.32 Å². The van der Waals surface area contributed by atoms with Crippen molar-refractivity contribution in [3.63, 3.8) is 0 Å². The standard InChI is InChI=1S/C20H21FN4OS/c1-20(2,3)16-12-17(25(24-16)14-9-7-13(21)8-10-14)23-18(26)15-6-5-11-22-19(15)27-4/h5-12H,1-4H3,(H,23,26). The van der Waals surface area contributed by atoms with Crippen LogP contribution in [-0.4, -0.2) is 26.9 Å². The first-order valence-electron chi connectivity index (χ1n) is 8.46. The summed E-state index contributed by atoms with van der Waals surface area (Å²) in [5, 5.41) is 8.20. The van der Waals surface area contributed by atoms with E-state index < -0.39 is 0 Å². The molecular weight excluding hydrogens is 363 g/mol. The normalized spacial score (nSPS) is 11.4. The lowest BCUT2D eigenvalue weighted by atomic mass is 9.92. The zero-order valence-corrected chi connectivity index (χ0v) is 16.5. The summed E-state index contributed by atoms with van der Waals surface area (Å²) in [6.07, 6.45) is 3.53. The summed E-state index contributed by atoms with van der Waals surface area (Å²) in [7, 11) is 0. The van der Waals surface area contributed by atoms with E-state index in [1.54, 1.807) is 35.1 Å².